The third-order valence-corrected chi connectivity index (χ3v) is 15.8. The average molecular weight is 1040 g/mol. The number of hydrogen-bond donors (Lipinski definition) is 2. The van der Waals surface area contributed by atoms with E-state index in [0.717, 1.165) is 20.0 Å². The fourth-order valence-corrected chi connectivity index (χ4v) is 11.4. The third kappa shape index (κ3) is 12.0. The number of ether oxygens (including phenoxy) is 1. The van der Waals surface area contributed by atoms with E-state index in [1.54, 1.807) is 18.0 Å². The molecule has 4 heterocycles. The maximum atomic E-state index is 15.2. The van der Waals surface area contributed by atoms with Gasteiger partial charge in [-0.3, -0.25) is 24.0 Å². The van der Waals surface area contributed by atoms with E-state index in [1.807, 2.05) is 19.9 Å². The van der Waals surface area contributed by atoms with Crippen molar-refractivity contribution >= 4 is 53.4 Å². The van der Waals surface area contributed by atoms with Gasteiger partial charge in [0.15, 0.2) is 11.5 Å². The van der Waals surface area contributed by atoms with Crippen LogP contribution >= 0.6 is 0 Å². The third-order valence-electron chi connectivity index (χ3n) is 15.3. The van der Waals surface area contributed by atoms with Crippen molar-refractivity contribution in [2.45, 2.75) is 164 Å². The zero-order valence-corrected chi connectivity index (χ0v) is 42.3. The summed E-state index contributed by atoms with van der Waals surface area (Å²) in [6.45, 7) is 4.04. The summed E-state index contributed by atoms with van der Waals surface area (Å²) in [6.07, 6.45) is -5.20. The number of alkyl halides is 6. The van der Waals surface area contributed by atoms with Gasteiger partial charge in [-0.25, -0.2) is 22.4 Å². The Balaban J connectivity index is 1.14. The molecule has 2 bridgehead atoms. The number of likely N-dealkylation sites (tertiary alicyclic amines) is 1. The molecule has 2 unspecified atom stereocenters. The molecule has 2 aliphatic carbocycles. The maximum absolute atomic E-state index is 15.2. The lowest BCUT2D eigenvalue weighted by atomic mass is 9.64. The van der Waals surface area contributed by atoms with Gasteiger partial charge in [0.05, 0.1) is 19.8 Å². The van der Waals surface area contributed by atoms with Crippen LogP contribution in [0.4, 0.5) is 30.7 Å². The van der Waals surface area contributed by atoms with Crippen LogP contribution in [-0.4, -0.2) is 167 Å². The highest BCUT2D eigenvalue weighted by Gasteiger charge is 2.75. The van der Waals surface area contributed by atoms with Gasteiger partial charge < -0.3 is 35.0 Å². The number of fused-ring (bicyclic) bond motifs is 2. The van der Waals surface area contributed by atoms with E-state index in [1.165, 1.54) is 31.1 Å². The van der Waals surface area contributed by atoms with E-state index in [9.17, 15) is 50.3 Å². The van der Waals surface area contributed by atoms with Gasteiger partial charge in [0.2, 0.25) is 23.6 Å². The first-order valence-corrected chi connectivity index (χ1v) is 25.5. The molecule has 72 heavy (non-hydrogen) atoms. The van der Waals surface area contributed by atoms with E-state index >= 15 is 9.18 Å². The number of halogens is 7. The predicted molar refractivity (Wildman–Crippen MR) is 251 cm³/mol. The Morgan fingerprint density at radius 2 is 1.68 bits per heavy atom. The highest BCUT2D eigenvalue weighted by Crippen LogP contribution is 2.61. The molecule has 0 aromatic heterocycles. The predicted octanol–water partition coefficient (Wildman–Crippen LogP) is 5.47. The van der Waals surface area contributed by atoms with Crippen LogP contribution < -0.4 is 10.6 Å². The van der Waals surface area contributed by atoms with Gasteiger partial charge in [0, 0.05) is 71.9 Å². The number of rotatable bonds is 11. The summed E-state index contributed by atoms with van der Waals surface area (Å²) in [4.78, 5) is 90.8. The molecular weight excluding hydrogens is 976 g/mol. The first kappa shape index (κ1) is 55.2. The molecule has 14 nitrogen and oxygen atoms in total. The molecule has 22 heteroatoms. The minimum atomic E-state index is -5.41. The zero-order valence-electron chi connectivity index (χ0n) is 41.5. The quantitative estimate of drug-likeness (QED) is 0.217. The minimum Gasteiger partial charge on any atom is -0.378 e. The zero-order chi connectivity index (χ0) is 52.6. The molecule has 4 aliphatic heterocycles. The van der Waals surface area contributed by atoms with Crippen LogP contribution in [0.3, 0.4) is 0 Å². The summed E-state index contributed by atoms with van der Waals surface area (Å²) in [5.41, 5.74) is -1.30. The van der Waals surface area contributed by atoms with Crippen molar-refractivity contribution < 1.29 is 68.2 Å². The summed E-state index contributed by atoms with van der Waals surface area (Å²) in [6, 6.07) is -2.60. The normalized spacial score (nSPS) is 29.2. The monoisotopic (exact) mass is 1040 g/mol. The van der Waals surface area contributed by atoms with E-state index in [4.69, 9.17) is 17.2 Å². The molecular formula is C50H67F7N7O7S+. The highest BCUT2D eigenvalue weighted by atomic mass is 32.1. The maximum Gasteiger partial charge on any atom is 0.424 e. The number of carbonyl (C=O) groups is 6. The molecule has 1 aromatic rings. The molecule has 7 rings (SSSR count). The molecule has 5 fully saturated rings. The Kier molecular flexibility index (Phi) is 16.9. The molecule has 8 atom stereocenters. The first-order valence-electron chi connectivity index (χ1n) is 25.1. The number of morpholine rings is 1. The van der Waals surface area contributed by atoms with Crippen LogP contribution in [0.15, 0.2) is 24.3 Å². The summed E-state index contributed by atoms with van der Waals surface area (Å²) in [7, 11) is 4.45. The molecule has 6 amide bonds. The number of likely N-dealkylation sites (N-methyl/N-ethyl adjacent to an activating group) is 3. The number of amides is 6. The second-order valence-electron chi connectivity index (χ2n) is 21.4. The van der Waals surface area contributed by atoms with Gasteiger partial charge in [-0.05, 0) is 72.8 Å². The van der Waals surface area contributed by atoms with Gasteiger partial charge in [-0.15, -0.1) is 0 Å². The van der Waals surface area contributed by atoms with Gasteiger partial charge in [0.25, 0.3) is 30.3 Å². The van der Waals surface area contributed by atoms with Crippen LogP contribution in [0.5, 0.6) is 0 Å². The van der Waals surface area contributed by atoms with E-state index in [0.29, 0.717) is 81.6 Å². The summed E-state index contributed by atoms with van der Waals surface area (Å²) in [5.74, 6) is -10.6. The SMILES string of the molecule is CC(C)C[C@H]1C(=O)N(C)[C@@H](Cc2cc(F)ccc2C2=CC3COCC(C2)N3)C(=O)N(C)CCCCCCC[C@H](N(C)C(=O)[C@@H](NC(=O)[C@@H]2C[C@@H](F)CN2C(=O)C2(C(F)(F)F)CC(F)(F)C2)C2CC2)C(=O)[N+]1=S. The highest BCUT2D eigenvalue weighted by molar-refractivity contribution is 7.44. The van der Waals surface area contributed by atoms with Crippen molar-refractivity contribution in [3.8, 4) is 0 Å². The second-order valence-corrected chi connectivity index (χ2v) is 21.8. The number of nitrogens with zero attached hydrogens (tertiary/aromatic N) is 5. The van der Waals surface area contributed by atoms with Gasteiger partial charge in [-0.2, -0.15) is 13.2 Å². The number of carbonyl (C=O) groups excluding carboxylic acids is 6. The van der Waals surface area contributed by atoms with E-state index in [-0.39, 0.29) is 37.3 Å². The van der Waals surface area contributed by atoms with Crippen LogP contribution in [0.1, 0.15) is 108 Å². The summed E-state index contributed by atoms with van der Waals surface area (Å²) < 4.78 is 107. The molecule has 0 radical (unpaired) electrons. The van der Waals surface area contributed by atoms with Crippen molar-refractivity contribution in [2.24, 2.45) is 17.3 Å². The van der Waals surface area contributed by atoms with Crippen molar-refractivity contribution in [2.75, 3.05) is 47.4 Å². The fraction of sp³-hybridized carbons (Fsp3) is 0.720. The van der Waals surface area contributed by atoms with Crippen molar-refractivity contribution in [3.63, 3.8) is 0 Å². The van der Waals surface area contributed by atoms with Gasteiger partial charge in [-0.1, -0.05) is 55.6 Å². The lowest BCUT2D eigenvalue weighted by Crippen LogP contribution is -2.65. The van der Waals surface area contributed by atoms with E-state index < -0.39 is 127 Å². The Hall–Kier alpha value is -4.57. The van der Waals surface area contributed by atoms with Crippen LogP contribution in [-0.2, 0) is 52.4 Å². The first-order chi connectivity index (χ1) is 33.8. The van der Waals surface area contributed by atoms with Gasteiger partial charge in [0.1, 0.15) is 30.1 Å². The Bertz CT molecular complexity index is 2290. The lowest BCUT2D eigenvalue weighted by molar-refractivity contribution is -0.455. The number of benzene rings is 1. The van der Waals surface area contributed by atoms with E-state index in [2.05, 4.69) is 10.6 Å². The largest absolute Gasteiger partial charge is 0.424 e. The molecule has 2 N–H and O–H groups in total. The molecule has 398 valence electrons. The molecule has 6 aliphatic rings. The Morgan fingerprint density at radius 1 is 1.00 bits per heavy atom. The molecule has 2 saturated carbocycles. The smallest absolute Gasteiger partial charge is 0.378 e. The van der Waals surface area contributed by atoms with Crippen LogP contribution in [0, 0.1) is 23.1 Å². The van der Waals surface area contributed by atoms with Crippen LogP contribution in [0.2, 0.25) is 0 Å². The molecule has 0 spiro atoms. The Morgan fingerprint density at radius 3 is 2.32 bits per heavy atom. The second kappa shape index (κ2) is 22.1. The van der Waals surface area contributed by atoms with Crippen molar-refractivity contribution in [1.29, 1.82) is 0 Å². The standard InChI is InChI=1S/C50H66F7N7O7S/c1-28(2)17-40-44(67)62(5)39(21-30-18-32(51)14-15-36(30)31-19-34-24-71-25-35(20-31)58-34)43(66)60(3)16-10-8-6-7-9-11-37(45(68)64(40)72)61(4)46(69)41(29-12-13-29)59-42(65)38-22-33(52)23-63(38)47(70)48(50(55,56)57)26-49(53,54)27-48/h14-15,18-19,28-29,33-35,37-41,58H,6-13,16-17,20-27H2,1-5H3/p+1/t33-,34?,35?,37+,38+,39+,40+,41+/m1/s1. The molecule has 1 aromatic carbocycles. The summed E-state index contributed by atoms with van der Waals surface area (Å²) in [5, 5.41) is 6.03. The summed E-state index contributed by atoms with van der Waals surface area (Å²) >= 11 is 5.85. The van der Waals surface area contributed by atoms with Crippen molar-refractivity contribution in [1.82, 2.24) is 30.2 Å². The van der Waals surface area contributed by atoms with Crippen molar-refractivity contribution in [3.05, 3.63) is 41.2 Å². The molecule has 3 saturated heterocycles. The minimum absolute atomic E-state index is 0.0344. The number of nitrogens with one attached hydrogen (secondary N) is 2. The average Bonchev–Trinajstić information content (AvgIpc) is 4.08. The van der Waals surface area contributed by atoms with Gasteiger partial charge >= 0.3 is 12.1 Å². The fourth-order valence-electron chi connectivity index (χ4n) is 11.1. The number of hydrogen-bond acceptors (Lipinski definition) is 9. The topological polar surface area (TPSA) is 152 Å². The Labute approximate surface area is 420 Å². The van der Waals surface area contributed by atoms with Crippen LogP contribution in [0.25, 0.3) is 5.57 Å². The lowest BCUT2D eigenvalue weighted by Gasteiger charge is -2.48.